The molecule has 2 heterocycles. The molecule has 2 saturated heterocycles. The summed E-state index contributed by atoms with van der Waals surface area (Å²) in [5.41, 5.74) is 1.93. The van der Waals surface area contributed by atoms with Gasteiger partial charge in [-0.05, 0) is 29.2 Å². The molecule has 2 atom stereocenters. The van der Waals surface area contributed by atoms with Crippen LogP contribution < -0.4 is 10.1 Å². The van der Waals surface area contributed by atoms with Gasteiger partial charge in [-0.25, -0.2) is 14.8 Å². The van der Waals surface area contributed by atoms with E-state index >= 15 is 0 Å². The summed E-state index contributed by atoms with van der Waals surface area (Å²) in [6.07, 6.45) is -0.597. The van der Waals surface area contributed by atoms with Crippen molar-refractivity contribution < 1.29 is 19.1 Å². The van der Waals surface area contributed by atoms with Crippen molar-refractivity contribution in [3.05, 3.63) is 65.7 Å². The van der Waals surface area contributed by atoms with Crippen LogP contribution in [0.4, 0.5) is 4.79 Å². The van der Waals surface area contributed by atoms with Gasteiger partial charge in [-0.2, -0.15) is 0 Å². The summed E-state index contributed by atoms with van der Waals surface area (Å²) in [6, 6.07) is 16.3. The Morgan fingerprint density at radius 1 is 1.06 bits per heavy atom. The largest absolute Gasteiger partial charge is 0.497 e. The number of methoxy groups -OCH3 is 1. The summed E-state index contributed by atoms with van der Waals surface area (Å²) in [4.78, 5) is 43.4. The summed E-state index contributed by atoms with van der Waals surface area (Å²) in [5, 5.41) is 6.19. The Hall–Kier alpha value is -3.59. The van der Waals surface area contributed by atoms with E-state index in [1.807, 2.05) is 68.4 Å². The van der Waals surface area contributed by atoms with Crippen LogP contribution in [-0.4, -0.2) is 77.1 Å². The summed E-state index contributed by atoms with van der Waals surface area (Å²) >= 11 is 0. The van der Waals surface area contributed by atoms with Crippen LogP contribution >= 0.6 is 0 Å². The number of nitrogens with one attached hydrogen (secondary N) is 1. The van der Waals surface area contributed by atoms with E-state index in [1.165, 1.54) is 0 Å². The number of carbonyl (C=O) groups is 3. The third-order valence-electron chi connectivity index (χ3n) is 6.53. The zero-order valence-corrected chi connectivity index (χ0v) is 20.7. The van der Waals surface area contributed by atoms with Gasteiger partial charge in [0.1, 0.15) is 18.0 Å². The maximum absolute atomic E-state index is 13.5. The normalized spacial score (nSPS) is 20.8. The second kappa shape index (κ2) is 10.4. The first-order valence-electron chi connectivity index (χ1n) is 11.8. The van der Waals surface area contributed by atoms with E-state index in [2.05, 4.69) is 5.32 Å². The molecule has 0 radical (unpaired) electrons. The molecule has 186 valence electrons. The monoisotopic (exact) mass is 479 g/mol. The molecule has 2 aromatic rings. The van der Waals surface area contributed by atoms with Crippen LogP contribution in [0.5, 0.6) is 5.75 Å². The molecule has 2 aliphatic rings. The Labute approximate surface area is 206 Å². The molecule has 2 aromatic carbocycles. The molecule has 2 aliphatic heterocycles. The van der Waals surface area contributed by atoms with Crippen LogP contribution in [0.3, 0.4) is 0 Å². The zero-order chi connectivity index (χ0) is 25.1. The summed E-state index contributed by atoms with van der Waals surface area (Å²) in [7, 11) is 3.34. The highest BCUT2D eigenvalue weighted by atomic mass is 16.5. The molecule has 4 rings (SSSR count). The topological polar surface area (TPSA) is 85.4 Å². The predicted octanol–water partition coefficient (Wildman–Crippen LogP) is 2.29. The number of hydrogen-bond acceptors (Lipinski definition) is 5. The predicted molar refractivity (Wildman–Crippen MR) is 131 cm³/mol. The molecule has 1 N–H and O–H groups in total. The highest BCUT2D eigenvalue weighted by Gasteiger charge is 2.51. The number of hydrogen-bond donors (Lipinski definition) is 1. The third-order valence-corrected chi connectivity index (χ3v) is 6.53. The van der Waals surface area contributed by atoms with Crippen LogP contribution in [-0.2, 0) is 22.7 Å². The first kappa shape index (κ1) is 24.5. The van der Waals surface area contributed by atoms with Crippen molar-refractivity contribution in [1.82, 2.24) is 25.1 Å². The van der Waals surface area contributed by atoms with Crippen molar-refractivity contribution in [3.63, 3.8) is 0 Å². The van der Waals surface area contributed by atoms with Crippen molar-refractivity contribution >= 4 is 17.8 Å². The average Bonchev–Trinajstić information content (AvgIpc) is 2.84. The van der Waals surface area contributed by atoms with Crippen molar-refractivity contribution in [2.75, 3.05) is 27.2 Å². The summed E-state index contributed by atoms with van der Waals surface area (Å²) in [5.74, 6) is 0.381. The lowest BCUT2D eigenvalue weighted by Gasteiger charge is -2.55. The number of hydrazine groups is 1. The molecule has 0 aliphatic carbocycles. The Bertz CT molecular complexity index is 1060. The molecular weight excluding hydrogens is 446 g/mol. The van der Waals surface area contributed by atoms with Gasteiger partial charge in [-0.3, -0.25) is 9.59 Å². The van der Waals surface area contributed by atoms with Gasteiger partial charge in [0.2, 0.25) is 11.8 Å². The van der Waals surface area contributed by atoms with Gasteiger partial charge in [-0.1, -0.05) is 56.3 Å². The minimum atomic E-state index is -0.641. The fourth-order valence-corrected chi connectivity index (χ4v) is 4.81. The van der Waals surface area contributed by atoms with Crippen molar-refractivity contribution in [3.8, 4) is 5.75 Å². The molecule has 4 amide bonds. The Morgan fingerprint density at radius 2 is 1.74 bits per heavy atom. The molecule has 9 nitrogen and oxygen atoms in total. The Morgan fingerprint density at radius 3 is 2.37 bits per heavy atom. The number of urea groups is 1. The van der Waals surface area contributed by atoms with Crippen LogP contribution in [0.1, 0.15) is 25.0 Å². The van der Waals surface area contributed by atoms with E-state index in [1.54, 1.807) is 34.0 Å². The van der Waals surface area contributed by atoms with Gasteiger partial charge in [0.15, 0.2) is 0 Å². The number of nitrogens with zero attached hydrogens (tertiary/aromatic N) is 4. The average molecular weight is 480 g/mol. The van der Waals surface area contributed by atoms with Crippen molar-refractivity contribution in [2.24, 2.45) is 5.92 Å². The van der Waals surface area contributed by atoms with Crippen LogP contribution in [0.25, 0.3) is 0 Å². The van der Waals surface area contributed by atoms with E-state index in [0.29, 0.717) is 13.1 Å². The molecular formula is C26H33N5O4. The number of likely N-dealkylation sites (N-methyl/N-ethyl adjacent to an activating group) is 1. The quantitative estimate of drug-likeness (QED) is 0.687. The maximum Gasteiger partial charge on any atom is 0.334 e. The lowest BCUT2D eigenvalue weighted by Crippen LogP contribution is -2.76. The second-order valence-electron chi connectivity index (χ2n) is 9.34. The molecule has 0 unspecified atom stereocenters. The summed E-state index contributed by atoms with van der Waals surface area (Å²) in [6.45, 7) is 4.87. The van der Waals surface area contributed by atoms with E-state index < -0.39 is 12.2 Å². The number of fused-ring (bicyclic) bond motifs is 1. The van der Waals surface area contributed by atoms with Crippen LogP contribution in [0.15, 0.2) is 54.6 Å². The first-order valence-corrected chi connectivity index (χ1v) is 11.8. The smallest absolute Gasteiger partial charge is 0.334 e. The Kier molecular flexibility index (Phi) is 7.25. The number of amides is 4. The SMILES string of the molecule is COc1ccc(CN2C[C@H]3N(C(=O)CN(C)N3C(=O)NCc3ccccc3)[C@@H](C(C)C)C2=O)cc1. The highest BCUT2D eigenvalue weighted by molar-refractivity contribution is 5.91. The van der Waals surface area contributed by atoms with Crippen molar-refractivity contribution in [1.29, 1.82) is 0 Å². The first-order chi connectivity index (χ1) is 16.8. The van der Waals surface area contributed by atoms with Crippen LogP contribution in [0.2, 0.25) is 0 Å². The molecule has 35 heavy (non-hydrogen) atoms. The lowest BCUT2D eigenvalue weighted by atomic mass is 9.96. The molecule has 2 fully saturated rings. The standard InChI is InChI=1S/C26H33N5O4/c1-18(2)24-25(33)29(15-20-10-12-21(35-4)13-11-20)16-22-30(24)23(32)17-28(3)31(22)26(34)27-14-19-8-6-5-7-9-19/h5-13,18,22,24H,14-17H2,1-4H3,(H,27,34)/t22-,24-/m0/s1. The van der Waals surface area contributed by atoms with E-state index in [-0.39, 0.29) is 36.9 Å². The Balaban J connectivity index is 1.59. The van der Waals surface area contributed by atoms with Gasteiger partial charge in [0.25, 0.3) is 0 Å². The highest BCUT2D eigenvalue weighted by Crippen LogP contribution is 2.30. The van der Waals surface area contributed by atoms with Gasteiger partial charge < -0.3 is 19.9 Å². The van der Waals surface area contributed by atoms with Gasteiger partial charge in [0.05, 0.1) is 20.2 Å². The molecule has 0 bridgehead atoms. The van der Waals surface area contributed by atoms with E-state index in [0.717, 1.165) is 16.9 Å². The molecule has 9 heteroatoms. The van der Waals surface area contributed by atoms with Crippen molar-refractivity contribution in [2.45, 2.75) is 39.1 Å². The fraction of sp³-hybridized carbons (Fsp3) is 0.423. The minimum Gasteiger partial charge on any atom is -0.497 e. The molecule has 0 spiro atoms. The third kappa shape index (κ3) is 5.09. The molecule has 0 saturated carbocycles. The zero-order valence-electron chi connectivity index (χ0n) is 20.7. The second-order valence-corrected chi connectivity index (χ2v) is 9.34. The lowest BCUT2D eigenvalue weighted by molar-refractivity contribution is -0.190. The van der Waals surface area contributed by atoms with E-state index in [9.17, 15) is 14.4 Å². The fourth-order valence-electron chi connectivity index (χ4n) is 4.81. The maximum atomic E-state index is 13.5. The number of ether oxygens (including phenoxy) is 1. The van der Waals surface area contributed by atoms with Gasteiger partial charge >= 0.3 is 6.03 Å². The van der Waals surface area contributed by atoms with Gasteiger partial charge in [0, 0.05) is 20.1 Å². The summed E-state index contributed by atoms with van der Waals surface area (Å²) < 4.78 is 5.24. The minimum absolute atomic E-state index is 0.0320. The number of piperazine rings is 1. The number of benzene rings is 2. The van der Waals surface area contributed by atoms with E-state index in [4.69, 9.17) is 4.74 Å². The number of rotatable bonds is 6. The van der Waals surface area contributed by atoms with Gasteiger partial charge in [-0.15, -0.1) is 0 Å². The molecule has 0 aromatic heterocycles. The van der Waals surface area contributed by atoms with Crippen LogP contribution in [0, 0.1) is 5.92 Å². The number of carbonyl (C=O) groups excluding carboxylic acids is 3.